The average molecular weight is 332 g/mol. The lowest BCUT2D eigenvalue weighted by Crippen LogP contribution is -2.34. The van der Waals surface area contributed by atoms with Crippen LogP contribution < -0.4 is 5.32 Å². The summed E-state index contributed by atoms with van der Waals surface area (Å²) in [6.45, 7) is 3.97. The third kappa shape index (κ3) is 3.70. The van der Waals surface area contributed by atoms with Gasteiger partial charge < -0.3 is 5.32 Å². The first kappa shape index (κ1) is 14.8. The lowest BCUT2D eigenvalue weighted by molar-refractivity contribution is 0.0939. The van der Waals surface area contributed by atoms with Crippen molar-refractivity contribution in [3.63, 3.8) is 0 Å². The van der Waals surface area contributed by atoms with E-state index in [1.54, 1.807) is 0 Å². The number of rotatable bonds is 4. The molecule has 2 nitrogen and oxygen atoms in total. The molecule has 104 valence electrons. The van der Waals surface area contributed by atoms with Crippen LogP contribution in [0.5, 0.6) is 0 Å². The highest BCUT2D eigenvalue weighted by Crippen LogP contribution is 2.19. The van der Waals surface area contributed by atoms with Gasteiger partial charge in [0.25, 0.3) is 5.91 Å². The van der Waals surface area contributed by atoms with Gasteiger partial charge in [0.15, 0.2) is 0 Å². The lowest BCUT2D eigenvalue weighted by Gasteiger charge is -2.15. The minimum atomic E-state index is -0.0211. The van der Waals surface area contributed by atoms with Crippen molar-refractivity contribution < 1.29 is 4.79 Å². The molecule has 0 aliphatic rings. The molecule has 3 heteroatoms. The zero-order valence-corrected chi connectivity index (χ0v) is 13.3. The highest BCUT2D eigenvalue weighted by Gasteiger charge is 2.13. The predicted molar refractivity (Wildman–Crippen MR) is 86.0 cm³/mol. The van der Waals surface area contributed by atoms with Crippen molar-refractivity contribution in [2.75, 3.05) is 0 Å². The summed E-state index contributed by atoms with van der Waals surface area (Å²) in [5.74, 6) is -0.0211. The van der Waals surface area contributed by atoms with Crippen LogP contribution in [0.3, 0.4) is 0 Å². The summed E-state index contributed by atoms with van der Waals surface area (Å²) in [6, 6.07) is 16.0. The number of carbonyl (C=O) groups excluding carboxylic acids is 1. The smallest absolute Gasteiger partial charge is 0.251 e. The zero-order valence-electron chi connectivity index (χ0n) is 11.7. The highest BCUT2D eigenvalue weighted by atomic mass is 79.9. The maximum atomic E-state index is 12.3. The number of carbonyl (C=O) groups is 1. The molecular formula is C17H18BrNO. The van der Waals surface area contributed by atoms with Gasteiger partial charge in [-0.1, -0.05) is 52.3 Å². The minimum Gasteiger partial charge on any atom is -0.349 e. The van der Waals surface area contributed by atoms with E-state index < -0.39 is 0 Å². The van der Waals surface area contributed by atoms with E-state index in [0.717, 1.165) is 22.0 Å². The molecule has 0 radical (unpaired) electrons. The number of nitrogens with one attached hydrogen (secondary N) is 1. The van der Waals surface area contributed by atoms with Gasteiger partial charge in [-0.2, -0.15) is 0 Å². The Bertz CT molecular complexity index is 595. The second-order valence-electron chi connectivity index (χ2n) is 4.98. The monoisotopic (exact) mass is 331 g/mol. The number of hydrogen-bond donors (Lipinski definition) is 1. The highest BCUT2D eigenvalue weighted by molar-refractivity contribution is 9.10. The topological polar surface area (TPSA) is 29.1 Å². The first-order valence-electron chi connectivity index (χ1n) is 6.68. The Morgan fingerprint density at radius 2 is 1.85 bits per heavy atom. The third-order valence-electron chi connectivity index (χ3n) is 3.27. The Balaban J connectivity index is 2.02. The van der Waals surface area contributed by atoms with Gasteiger partial charge in [0.05, 0.1) is 0 Å². The summed E-state index contributed by atoms with van der Waals surface area (Å²) in [5, 5.41) is 3.05. The summed E-state index contributed by atoms with van der Waals surface area (Å²) in [4.78, 5) is 12.3. The van der Waals surface area contributed by atoms with Crippen LogP contribution in [0.4, 0.5) is 0 Å². The molecule has 0 aliphatic carbocycles. The maximum Gasteiger partial charge on any atom is 0.251 e. The quantitative estimate of drug-likeness (QED) is 0.897. The van der Waals surface area contributed by atoms with Crippen molar-refractivity contribution in [3.8, 4) is 0 Å². The SMILES string of the molecule is Cc1c(Br)cccc1C(=O)NC(C)Cc1ccccc1. The molecular weight excluding hydrogens is 314 g/mol. The van der Waals surface area contributed by atoms with Crippen molar-refractivity contribution in [2.24, 2.45) is 0 Å². The molecule has 1 atom stereocenters. The van der Waals surface area contributed by atoms with Gasteiger partial charge in [0.1, 0.15) is 0 Å². The number of benzene rings is 2. The molecule has 20 heavy (non-hydrogen) atoms. The van der Waals surface area contributed by atoms with Gasteiger partial charge in [0.2, 0.25) is 0 Å². The molecule has 0 aromatic heterocycles. The van der Waals surface area contributed by atoms with Crippen molar-refractivity contribution in [2.45, 2.75) is 26.3 Å². The Hall–Kier alpha value is -1.61. The molecule has 0 spiro atoms. The Morgan fingerprint density at radius 1 is 1.15 bits per heavy atom. The first-order valence-corrected chi connectivity index (χ1v) is 7.47. The van der Waals surface area contributed by atoms with Gasteiger partial charge >= 0.3 is 0 Å². The summed E-state index contributed by atoms with van der Waals surface area (Å²) in [7, 11) is 0. The van der Waals surface area contributed by atoms with E-state index in [0.29, 0.717) is 0 Å². The zero-order chi connectivity index (χ0) is 14.5. The van der Waals surface area contributed by atoms with E-state index >= 15 is 0 Å². The van der Waals surface area contributed by atoms with Crippen LogP contribution >= 0.6 is 15.9 Å². The van der Waals surface area contributed by atoms with Gasteiger partial charge in [-0.3, -0.25) is 4.79 Å². The van der Waals surface area contributed by atoms with Gasteiger partial charge in [-0.05, 0) is 43.5 Å². The van der Waals surface area contributed by atoms with Gasteiger partial charge in [-0.15, -0.1) is 0 Å². The second-order valence-corrected chi connectivity index (χ2v) is 5.83. The van der Waals surface area contributed by atoms with Crippen LogP contribution in [-0.2, 0) is 6.42 Å². The normalized spacial score (nSPS) is 11.9. The maximum absolute atomic E-state index is 12.3. The summed E-state index contributed by atoms with van der Waals surface area (Å²) >= 11 is 3.45. The Kier molecular flexibility index (Phi) is 4.96. The van der Waals surface area contributed by atoms with Crippen LogP contribution in [0.2, 0.25) is 0 Å². The number of hydrogen-bond acceptors (Lipinski definition) is 1. The van der Waals surface area contributed by atoms with E-state index in [1.165, 1.54) is 5.56 Å². The average Bonchev–Trinajstić information content (AvgIpc) is 2.42. The second kappa shape index (κ2) is 6.71. The molecule has 0 aliphatic heterocycles. The summed E-state index contributed by atoms with van der Waals surface area (Å²) in [5.41, 5.74) is 2.92. The van der Waals surface area contributed by atoms with Gasteiger partial charge in [-0.25, -0.2) is 0 Å². The number of amides is 1. The van der Waals surface area contributed by atoms with Crippen molar-refractivity contribution in [1.82, 2.24) is 5.32 Å². The molecule has 2 aromatic rings. The Morgan fingerprint density at radius 3 is 2.55 bits per heavy atom. The fraction of sp³-hybridized carbons (Fsp3) is 0.235. The Labute approximate surface area is 128 Å². The van der Waals surface area contributed by atoms with E-state index in [9.17, 15) is 4.79 Å². The molecule has 2 aromatic carbocycles. The number of halogens is 1. The van der Waals surface area contributed by atoms with Gasteiger partial charge in [0, 0.05) is 16.1 Å². The molecule has 2 rings (SSSR count). The molecule has 1 unspecified atom stereocenters. The molecule has 1 N–H and O–H groups in total. The molecule has 0 saturated carbocycles. The van der Waals surface area contributed by atoms with E-state index in [2.05, 4.69) is 33.4 Å². The predicted octanol–water partition coefficient (Wildman–Crippen LogP) is 4.12. The van der Waals surface area contributed by atoms with E-state index in [-0.39, 0.29) is 11.9 Å². The van der Waals surface area contributed by atoms with Crippen LogP contribution in [0.1, 0.15) is 28.4 Å². The van der Waals surface area contributed by atoms with Crippen LogP contribution in [-0.4, -0.2) is 11.9 Å². The van der Waals surface area contributed by atoms with E-state index in [4.69, 9.17) is 0 Å². The standard InChI is InChI=1S/C17H18BrNO/c1-12(11-14-7-4-3-5-8-14)19-17(20)15-9-6-10-16(18)13(15)2/h3-10,12H,11H2,1-2H3,(H,19,20). The first-order chi connectivity index (χ1) is 9.58. The molecule has 1 amide bonds. The fourth-order valence-electron chi connectivity index (χ4n) is 2.17. The summed E-state index contributed by atoms with van der Waals surface area (Å²) in [6.07, 6.45) is 0.833. The molecule has 0 fully saturated rings. The molecule has 0 bridgehead atoms. The largest absolute Gasteiger partial charge is 0.349 e. The summed E-state index contributed by atoms with van der Waals surface area (Å²) < 4.78 is 0.959. The van der Waals surface area contributed by atoms with Crippen LogP contribution in [0.25, 0.3) is 0 Å². The van der Waals surface area contributed by atoms with Crippen molar-refractivity contribution >= 4 is 21.8 Å². The molecule has 0 saturated heterocycles. The third-order valence-corrected chi connectivity index (χ3v) is 4.13. The minimum absolute atomic E-state index is 0.0211. The molecule has 0 heterocycles. The van der Waals surface area contributed by atoms with Crippen molar-refractivity contribution in [1.29, 1.82) is 0 Å². The van der Waals surface area contributed by atoms with Crippen LogP contribution in [0, 0.1) is 6.92 Å². The van der Waals surface area contributed by atoms with E-state index in [1.807, 2.05) is 50.2 Å². The fourth-order valence-corrected chi connectivity index (χ4v) is 2.54. The van der Waals surface area contributed by atoms with Crippen LogP contribution in [0.15, 0.2) is 53.0 Å². The lowest BCUT2D eigenvalue weighted by atomic mass is 10.1. The van der Waals surface area contributed by atoms with Crippen molar-refractivity contribution in [3.05, 3.63) is 69.7 Å².